The third-order valence-corrected chi connectivity index (χ3v) is 9.67. The Labute approximate surface area is 299 Å². The number of anilines is 4. The lowest BCUT2D eigenvalue weighted by atomic mass is 10.2. The van der Waals surface area contributed by atoms with E-state index in [0.717, 1.165) is 44.8 Å². The van der Waals surface area contributed by atoms with Crippen molar-refractivity contribution in [3.63, 3.8) is 0 Å². The van der Waals surface area contributed by atoms with Gasteiger partial charge < -0.3 is 29.9 Å². The number of hydrogen-bond acceptors (Lipinski definition) is 11. The predicted molar refractivity (Wildman–Crippen MR) is 199 cm³/mol. The summed E-state index contributed by atoms with van der Waals surface area (Å²) in [4.78, 5) is 24.1. The zero-order valence-corrected chi connectivity index (χ0v) is 30.6. The molecule has 3 heterocycles. The fourth-order valence-corrected chi connectivity index (χ4v) is 7.05. The van der Waals surface area contributed by atoms with Crippen molar-refractivity contribution in [1.29, 1.82) is 0 Å². The van der Waals surface area contributed by atoms with E-state index in [1.54, 1.807) is 30.5 Å². The minimum atomic E-state index is -1.10. The molecule has 0 amide bonds. The van der Waals surface area contributed by atoms with Crippen molar-refractivity contribution >= 4 is 60.8 Å². The maximum atomic E-state index is 14.6. The molecule has 0 bridgehead atoms. The standard InChI is InChI=1S/C36H41FN8O3S2/c1-24-22-31(42-43-33(24)41-35-39-27-13-6-7-14-29(27)49-35)44(19-8-9-20-45(3,4)5)36-40-32(34(46)47)30(50-36)15-11-21-48-28-17-16-25(23-26(28)37)12-10-18-38-2/h6-7,13-14,16-17,22-23,38H,8-9,11,15,18-21H2,1-5H3,(H-,39,41,43,46,47)/p+1. The molecule has 50 heavy (non-hydrogen) atoms. The Balaban J connectivity index is 1.31. The summed E-state index contributed by atoms with van der Waals surface area (Å²) < 4.78 is 22.2. The van der Waals surface area contributed by atoms with Gasteiger partial charge in [0.25, 0.3) is 0 Å². The average Bonchev–Trinajstić information content (AvgIpc) is 3.68. The molecular formula is C36H42FN8O3S2+. The minimum absolute atomic E-state index is 0.00385. The van der Waals surface area contributed by atoms with Crippen LogP contribution in [0.3, 0.4) is 0 Å². The second kappa shape index (κ2) is 16.8. The fraction of sp³-hybridized carbons (Fsp3) is 0.361. The van der Waals surface area contributed by atoms with Crippen LogP contribution in [0.15, 0.2) is 48.5 Å². The summed E-state index contributed by atoms with van der Waals surface area (Å²) in [5.41, 5.74) is 2.34. The summed E-state index contributed by atoms with van der Waals surface area (Å²) >= 11 is 2.86. The van der Waals surface area contributed by atoms with Crippen molar-refractivity contribution in [1.82, 2.24) is 25.5 Å². The van der Waals surface area contributed by atoms with Gasteiger partial charge in [0.05, 0.1) is 51.1 Å². The van der Waals surface area contributed by atoms with Gasteiger partial charge in [0.2, 0.25) is 0 Å². The van der Waals surface area contributed by atoms with E-state index in [4.69, 9.17) is 4.74 Å². The van der Waals surface area contributed by atoms with Gasteiger partial charge in [0.1, 0.15) is 0 Å². The first-order valence-corrected chi connectivity index (χ1v) is 18.0. The lowest BCUT2D eigenvalue weighted by Crippen LogP contribution is -2.35. The molecule has 2 aromatic carbocycles. The van der Waals surface area contributed by atoms with Gasteiger partial charge in [-0.15, -0.1) is 21.5 Å². The Morgan fingerprint density at radius 1 is 1.06 bits per heavy atom. The van der Waals surface area contributed by atoms with E-state index < -0.39 is 11.8 Å². The molecule has 262 valence electrons. The van der Waals surface area contributed by atoms with Crippen molar-refractivity contribution < 1.29 is 23.5 Å². The first-order chi connectivity index (χ1) is 24.0. The van der Waals surface area contributed by atoms with Crippen molar-refractivity contribution in [2.45, 2.75) is 32.6 Å². The molecule has 0 radical (unpaired) electrons. The van der Waals surface area contributed by atoms with E-state index in [1.165, 1.54) is 17.4 Å². The van der Waals surface area contributed by atoms with Crippen LogP contribution in [0.1, 0.15) is 45.8 Å². The molecule has 0 saturated heterocycles. The molecule has 0 aliphatic carbocycles. The molecule has 0 fully saturated rings. The number of hydrogen-bond donors (Lipinski definition) is 3. The molecule has 5 aromatic rings. The van der Waals surface area contributed by atoms with Crippen LogP contribution in [0, 0.1) is 24.6 Å². The van der Waals surface area contributed by atoms with E-state index in [1.807, 2.05) is 42.2 Å². The monoisotopic (exact) mass is 717 g/mol. The largest absolute Gasteiger partial charge is 0.491 e. The molecule has 5 rings (SSSR count). The number of aromatic carboxylic acids is 1. The Bertz CT molecular complexity index is 1960. The van der Waals surface area contributed by atoms with Crippen LogP contribution in [-0.2, 0) is 6.42 Å². The van der Waals surface area contributed by atoms with Crippen LogP contribution in [0.5, 0.6) is 5.75 Å². The summed E-state index contributed by atoms with van der Waals surface area (Å²) in [5.74, 6) is 5.50. The molecule has 11 nitrogen and oxygen atoms in total. The maximum absolute atomic E-state index is 14.6. The summed E-state index contributed by atoms with van der Waals surface area (Å²) in [7, 11) is 8.27. The number of para-hydroxylation sites is 1. The molecule has 0 unspecified atom stereocenters. The van der Waals surface area contributed by atoms with Crippen molar-refractivity contribution in [2.24, 2.45) is 0 Å². The van der Waals surface area contributed by atoms with Gasteiger partial charge in [0, 0.05) is 17.0 Å². The minimum Gasteiger partial charge on any atom is -0.491 e. The lowest BCUT2D eigenvalue weighted by molar-refractivity contribution is -0.870. The second-order valence-electron chi connectivity index (χ2n) is 12.7. The number of fused-ring (bicyclic) bond motifs is 1. The molecule has 3 N–H and O–H groups in total. The Hall–Kier alpha value is -4.68. The number of quaternary nitrogens is 1. The molecule has 0 atom stereocenters. The van der Waals surface area contributed by atoms with Crippen LogP contribution < -0.4 is 20.3 Å². The zero-order valence-electron chi connectivity index (χ0n) is 28.9. The predicted octanol–water partition coefficient (Wildman–Crippen LogP) is 6.64. The number of nitrogens with zero attached hydrogens (tertiary/aromatic N) is 6. The maximum Gasteiger partial charge on any atom is 0.355 e. The summed E-state index contributed by atoms with van der Waals surface area (Å²) in [5, 5.41) is 26.6. The summed E-state index contributed by atoms with van der Waals surface area (Å²) in [6.07, 6.45) is 2.68. The van der Waals surface area contributed by atoms with Gasteiger partial charge in [-0.2, -0.15) is 0 Å². The van der Waals surface area contributed by atoms with E-state index in [0.29, 0.717) is 53.1 Å². The number of ether oxygens (including phenoxy) is 1. The SMILES string of the molecule is CNCC#Cc1ccc(OCCCc2sc(N(CCCC[N+](C)(C)C)c3cc(C)c(Nc4nc5ccccc5s4)nn3)nc2C(=O)O)c(F)c1. The number of aryl methyl sites for hydroxylation is 2. The molecule has 14 heteroatoms. The second-order valence-corrected chi connectivity index (χ2v) is 14.8. The number of carboxylic acids is 1. The van der Waals surface area contributed by atoms with Crippen LogP contribution in [-0.4, -0.2) is 90.2 Å². The van der Waals surface area contributed by atoms with Gasteiger partial charge in [-0.1, -0.05) is 35.3 Å². The quantitative estimate of drug-likeness (QED) is 0.0582. The van der Waals surface area contributed by atoms with Crippen LogP contribution in [0.25, 0.3) is 10.2 Å². The number of unbranched alkanes of at least 4 members (excludes halogenated alkanes) is 1. The van der Waals surface area contributed by atoms with E-state index in [-0.39, 0.29) is 18.1 Å². The number of carboxylic acid groups (broad SMARTS) is 1. The van der Waals surface area contributed by atoms with Gasteiger partial charge in [-0.25, -0.2) is 19.2 Å². The Morgan fingerprint density at radius 3 is 2.60 bits per heavy atom. The van der Waals surface area contributed by atoms with Crippen molar-refractivity contribution in [3.8, 4) is 17.6 Å². The smallest absolute Gasteiger partial charge is 0.355 e. The zero-order chi connectivity index (χ0) is 35.7. The Kier molecular flexibility index (Phi) is 12.3. The Morgan fingerprint density at radius 2 is 1.88 bits per heavy atom. The van der Waals surface area contributed by atoms with Crippen LogP contribution >= 0.6 is 22.7 Å². The lowest BCUT2D eigenvalue weighted by Gasteiger charge is -2.25. The number of aromatic nitrogens is 4. The topological polar surface area (TPSA) is 125 Å². The number of rotatable bonds is 16. The van der Waals surface area contributed by atoms with Gasteiger partial charge in [-0.3, -0.25) is 0 Å². The fourth-order valence-electron chi connectivity index (χ4n) is 5.05. The average molecular weight is 718 g/mol. The highest BCUT2D eigenvalue weighted by Crippen LogP contribution is 2.34. The number of halogens is 1. The van der Waals surface area contributed by atoms with Gasteiger partial charge in [-0.05, 0) is 81.6 Å². The highest BCUT2D eigenvalue weighted by Gasteiger charge is 2.24. The number of carbonyl (C=O) groups is 1. The number of nitrogens with one attached hydrogen (secondary N) is 2. The molecule has 0 saturated carbocycles. The number of benzene rings is 2. The third kappa shape index (κ3) is 9.95. The van der Waals surface area contributed by atoms with E-state index in [2.05, 4.69) is 63.8 Å². The third-order valence-electron chi connectivity index (χ3n) is 7.58. The van der Waals surface area contributed by atoms with Crippen LogP contribution in [0.4, 0.5) is 26.3 Å². The van der Waals surface area contributed by atoms with Crippen LogP contribution in [0.2, 0.25) is 0 Å². The number of thiazole rings is 2. The molecule has 3 aromatic heterocycles. The van der Waals surface area contributed by atoms with Crippen molar-refractivity contribution in [3.05, 3.63) is 76.0 Å². The molecule has 0 aliphatic rings. The highest BCUT2D eigenvalue weighted by molar-refractivity contribution is 7.22. The van der Waals surface area contributed by atoms with Crippen molar-refractivity contribution in [2.75, 3.05) is 64.6 Å². The highest BCUT2D eigenvalue weighted by atomic mass is 32.1. The molecule has 0 spiro atoms. The summed E-state index contributed by atoms with van der Waals surface area (Å²) in [6, 6.07) is 14.5. The molecular weight excluding hydrogens is 676 g/mol. The summed E-state index contributed by atoms with van der Waals surface area (Å²) in [6.45, 7) is 4.24. The van der Waals surface area contributed by atoms with Gasteiger partial charge in [0.15, 0.2) is 39.2 Å². The van der Waals surface area contributed by atoms with E-state index >= 15 is 0 Å². The molecule has 0 aliphatic heterocycles. The van der Waals surface area contributed by atoms with Gasteiger partial charge >= 0.3 is 5.97 Å². The van der Waals surface area contributed by atoms with E-state index in [9.17, 15) is 14.3 Å². The first kappa shape index (κ1) is 36.6. The normalized spacial score (nSPS) is 11.3. The first-order valence-electron chi connectivity index (χ1n) is 16.3.